The van der Waals surface area contributed by atoms with Gasteiger partial charge in [-0.05, 0) is 36.3 Å². The highest BCUT2D eigenvalue weighted by Gasteiger charge is 2.40. The molecule has 1 aliphatic heterocycles. The lowest BCUT2D eigenvalue weighted by Gasteiger charge is -2.38. The number of benzene rings is 1. The largest absolute Gasteiger partial charge is 0.415 e. The van der Waals surface area contributed by atoms with E-state index in [0.717, 1.165) is 17.0 Å². The Hall–Kier alpha value is -1.45. The van der Waals surface area contributed by atoms with Gasteiger partial charge in [-0.25, -0.2) is 4.79 Å². The van der Waals surface area contributed by atoms with Crippen molar-refractivity contribution in [2.75, 3.05) is 43.0 Å². The highest BCUT2D eigenvalue weighted by molar-refractivity contribution is 6.74. The normalized spacial score (nSPS) is 15.8. The van der Waals surface area contributed by atoms with Crippen LogP contribution in [0.25, 0.3) is 0 Å². The molecule has 0 radical (unpaired) electrons. The number of anilines is 2. The van der Waals surface area contributed by atoms with Gasteiger partial charge in [0.25, 0.3) is 0 Å². The zero-order chi connectivity index (χ0) is 22.7. The topological polar surface area (TPSA) is 44.8 Å². The lowest BCUT2D eigenvalue weighted by Crippen LogP contribution is -2.43. The summed E-state index contributed by atoms with van der Waals surface area (Å²) in [5.74, 6) is 0. The van der Waals surface area contributed by atoms with Gasteiger partial charge in [-0.15, -0.1) is 0 Å². The third-order valence-electron chi connectivity index (χ3n) is 6.11. The molecule has 170 valence electrons. The van der Waals surface area contributed by atoms with Crippen molar-refractivity contribution in [3.8, 4) is 0 Å². The number of carbonyl (C=O) groups excluding carboxylic acids is 1. The van der Waals surface area contributed by atoms with Gasteiger partial charge in [0.1, 0.15) is 6.54 Å². The van der Waals surface area contributed by atoms with Gasteiger partial charge in [-0.3, -0.25) is 4.90 Å². The highest BCUT2D eigenvalue weighted by atomic mass is 35.5. The number of rotatable bonds is 9. The summed E-state index contributed by atoms with van der Waals surface area (Å²) in [6.07, 6.45) is -3.36. The third kappa shape index (κ3) is 6.04. The minimum Gasteiger partial charge on any atom is -0.415 e. The Morgan fingerprint density at radius 2 is 1.90 bits per heavy atom. The molecular formula is C20H31ClF3N3O2Si. The van der Waals surface area contributed by atoms with Crippen molar-refractivity contribution in [1.82, 2.24) is 4.90 Å². The first-order chi connectivity index (χ1) is 13.8. The number of nitrogens with one attached hydrogen (secondary N) is 1. The molecule has 0 aliphatic carbocycles. The molecule has 2 amide bonds. The lowest BCUT2D eigenvalue weighted by molar-refractivity contribution is -0.138. The van der Waals surface area contributed by atoms with Gasteiger partial charge >= 0.3 is 12.2 Å². The molecule has 1 aromatic carbocycles. The van der Waals surface area contributed by atoms with E-state index in [1.807, 2.05) is 0 Å². The van der Waals surface area contributed by atoms with Gasteiger partial charge in [0.2, 0.25) is 0 Å². The van der Waals surface area contributed by atoms with Crippen molar-refractivity contribution in [2.45, 2.75) is 51.5 Å². The summed E-state index contributed by atoms with van der Waals surface area (Å²) in [7, 11) is -1.83. The Kier molecular flexibility index (Phi) is 7.74. The molecule has 1 heterocycles. The summed E-state index contributed by atoms with van der Waals surface area (Å²) >= 11 is 6.32. The van der Waals surface area contributed by atoms with Crippen LogP contribution in [0.5, 0.6) is 0 Å². The van der Waals surface area contributed by atoms with Crippen molar-refractivity contribution in [3.63, 3.8) is 0 Å². The number of carbonyl (C=O) groups is 1. The second-order valence-electron chi connectivity index (χ2n) is 8.66. The van der Waals surface area contributed by atoms with Gasteiger partial charge in [0, 0.05) is 25.3 Å². The average molecular weight is 466 g/mol. The fraction of sp³-hybridized carbons (Fsp3) is 0.650. The predicted molar refractivity (Wildman–Crippen MR) is 118 cm³/mol. The van der Waals surface area contributed by atoms with Crippen LogP contribution < -0.4 is 10.2 Å². The number of hydrogen-bond acceptors (Lipinski definition) is 3. The standard InChI is InChI=1S/C20H31ClF3N3O2Si/c1-6-19(2,3)30(4,5)29-12-9-25-15-7-8-17(16(21)13-15)27-11-10-26(18(27)28)14-20(22,23)24/h7-8,13,25H,6,9-12,14H2,1-5H3. The Morgan fingerprint density at radius 1 is 1.23 bits per heavy atom. The first kappa shape index (κ1) is 24.8. The molecule has 0 spiro atoms. The Labute approximate surface area is 182 Å². The van der Waals surface area contributed by atoms with Gasteiger partial charge in [-0.1, -0.05) is 38.8 Å². The fourth-order valence-electron chi connectivity index (χ4n) is 3.13. The average Bonchev–Trinajstić information content (AvgIpc) is 2.97. The van der Waals surface area contributed by atoms with Crippen LogP contribution in [-0.2, 0) is 4.43 Å². The molecule has 1 fully saturated rings. The molecule has 10 heteroatoms. The van der Waals surface area contributed by atoms with E-state index < -0.39 is 27.1 Å². The molecule has 1 aromatic rings. The molecule has 0 saturated carbocycles. The summed E-state index contributed by atoms with van der Waals surface area (Å²) in [4.78, 5) is 14.4. The summed E-state index contributed by atoms with van der Waals surface area (Å²) in [5, 5.41) is 3.74. The lowest BCUT2D eigenvalue weighted by atomic mass is 10.1. The van der Waals surface area contributed by atoms with Gasteiger partial charge in [0.05, 0.1) is 17.3 Å². The fourth-order valence-corrected chi connectivity index (χ4v) is 5.26. The maximum atomic E-state index is 12.6. The van der Waals surface area contributed by atoms with Crippen molar-refractivity contribution >= 4 is 37.3 Å². The van der Waals surface area contributed by atoms with Crippen LogP contribution >= 0.6 is 11.6 Å². The quantitative estimate of drug-likeness (QED) is 0.361. The summed E-state index contributed by atoms with van der Waals surface area (Å²) in [6.45, 7) is 11.2. The van der Waals surface area contributed by atoms with E-state index in [4.69, 9.17) is 16.0 Å². The van der Waals surface area contributed by atoms with Crippen LogP contribution in [0.1, 0.15) is 27.2 Å². The summed E-state index contributed by atoms with van der Waals surface area (Å²) in [6, 6.07) is 4.41. The number of amides is 2. The molecule has 0 aromatic heterocycles. The zero-order valence-corrected chi connectivity index (χ0v) is 20.0. The van der Waals surface area contributed by atoms with Gasteiger partial charge in [-0.2, -0.15) is 13.2 Å². The number of hydrogen-bond donors (Lipinski definition) is 1. The van der Waals surface area contributed by atoms with Crippen LogP contribution in [0, 0.1) is 0 Å². The number of nitrogens with zero attached hydrogens (tertiary/aromatic N) is 2. The summed E-state index contributed by atoms with van der Waals surface area (Å²) in [5.41, 5.74) is 1.17. The number of alkyl halides is 3. The van der Waals surface area contributed by atoms with E-state index in [0.29, 0.717) is 23.9 Å². The monoisotopic (exact) mass is 465 g/mol. The number of halogens is 4. The highest BCUT2D eigenvalue weighted by Crippen LogP contribution is 2.40. The van der Waals surface area contributed by atoms with Crippen molar-refractivity contribution in [1.29, 1.82) is 0 Å². The van der Waals surface area contributed by atoms with E-state index in [2.05, 4.69) is 39.2 Å². The maximum absolute atomic E-state index is 12.6. The molecule has 1 aliphatic rings. The maximum Gasteiger partial charge on any atom is 0.406 e. The van der Waals surface area contributed by atoms with Crippen molar-refractivity contribution in [2.24, 2.45) is 0 Å². The van der Waals surface area contributed by atoms with E-state index in [1.54, 1.807) is 18.2 Å². The Balaban J connectivity index is 1.93. The Morgan fingerprint density at radius 3 is 2.47 bits per heavy atom. The van der Waals surface area contributed by atoms with Crippen molar-refractivity contribution in [3.05, 3.63) is 23.2 Å². The Bertz CT molecular complexity index is 759. The van der Waals surface area contributed by atoms with E-state index in [-0.39, 0.29) is 18.1 Å². The van der Waals surface area contributed by atoms with E-state index >= 15 is 0 Å². The first-order valence-corrected chi connectivity index (χ1v) is 13.4. The molecule has 5 nitrogen and oxygen atoms in total. The molecule has 2 rings (SSSR count). The van der Waals surface area contributed by atoms with Gasteiger partial charge < -0.3 is 14.6 Å². The van der Waals surface area contributed by atoms with E-state index in [9.17, 15) is 18.0 Å². The van der Waals surface area contributed by atoms with Crippen LogP contribution in [0.2, 0.25) is 23.2 Å². The smallest absolute Gasteiger partial charge is 0.406 e. The molecule has 1 N–H and O–H groups in total. The molecular weight excluding hydrogens is 435 g/mol. The second-order valence-corrected chi connectivity index (χ2v) is 13.7. The van der Waals surface area contributed by atoms with E-state index in [1.165, 1.54) is 4.90 Å². The van der Waals surface area contributed by atoms with Gasteiger partial charge in [0.15, 0.2) is 8.32 Å². The van der Waals surface area contributed by atoms with Crippen molar-refractivity contribution < 1.29 is 22.4 Å². The molecule has 0 atom stereocenters. The third-order valence-corrected chi connectivity index (χ3v) is 11.0. The first-order valence-electron chi connectivity index (χ1n) is 10.1. The molecule has 1 saturated heterocycles. The minimum absolute atomic E-state index is 0.0137. The zero-order valence-electron chi connectivity index (χ0n) is 18.2. The predicted octanol–water partition coefficient (Wildman–Crippen LogP) is 5.97. The summed E-state index contributed by atoms with van der Waals surface area (Å²) < 4.78 is 44.0. The second kappa shape index (κ2) is 9.36. The molecule has 0 unspecified atom stereocenters. The molecule has 30 heavy (non-hydrogen) atoms. The number of urea groups is 1. The molecule has 0 bridgehead atoms. The minimum atomic E-state index is -4.42. The van der Waals surface area contributed by atoms with Crippen LogP contribution in [0.3, 0.4) is 0 Å². The van der Waals surface area contributed by atoms with Crippen LogP contribution in [0.4, 0.5) is 29.3 Å². The van der Waals surface area contributed by atoms with Crippen LogP contribution in [0.15, 0.2) is 18.2 Å². The van der Waals surface area contributed by atoms with Crippen LogP contribution in [-0.4, -0.2) is 58.2 Å². The SMILES string of the molecule is CCC(C)(C)[Si](C)(C)OCCNc1ccc(N2CCN(CC(F)(F)F)C2=O)c(Cl)c1.